The van der Waals surface area contributed by atoms with Crippen molar-refractivity contribution in [1.29, 1.82) is 0 Å². The summed E-state index contributed by atoms with van der Waals surface area (Å²) in [7, 11) is 0. The van der Waals surface area contributed by atoms with Gasteiger partial charge in [0, 0.05) is 25.4 Å². The monoisotopic (exact) mass is 232 g/mol. The topological polar surface area (TPSA) is 97.3 Å². The summed E-state index contributed by atoms with van der Waals surface area (Å²) in [5.41, 5.74) is 6.41. The van der Waals surface area contributed by atoms with E-state index in [1.165, 1.54) is 0 Å². The Morgan fingerprint density at radius 3 is 3.24 bits per heavy atom. The number of rotatable bonds is 2. The second-order valence-corrected chi connectivity index (χ2v) is 4.02. The minimum Gasteiger partial charge on any atom is -0.382 e. The highest BCUT2D eigenvalue weighted by molar-refractivity contribution is 5.80. The van der Waals surface area contributed by atoms with Crippen molar-refractivity contribution in [2.45, 2.75) is 12.5 Å². The molecular weight excluding hydrogens is 220 g/mol. The van der Waals surface area contributed by atoms with Gasteiger partial charge < -0.3 is 20.8 Å². The number of hydrogen-bond acceptors (Lipinski definition) is 5. The lowest BCUT2D eigenvalue weighted by Gasteiger charge is -2.12. The third-order valence-corrected chi connectivity index (χ3v) is 2.71. The van der Waals surface area contributed by atoms with Gasteiger partial charge in [-0.05, 0) is 0 Å². The molecule has 1 saturated heterocycles. The molecule has 3 heterocycles. The Bertz CT molecular complexity index is 577. The lowest BCUT2D eigenvalue weighted by molar-refractivity contribution is -0.119. The van der Waals surface area contributed by atoms with E-state index < -0.39 is 0 Å². The van der Waals surface area contributed by atoms with Gasteiger partial charge in [0.05, 0.1) is 12.2 Å². The third-order valence-electron chi connectivity index (χ3n) is 2.71. The van der Waals surface area contributed by atoms with Crippen molar-refractivity contribution in [3.63, 3.8) is 0 Å². The molecular formula is C10H12N6O. The summed E-state index contributed by atoms with van der Waals surface area (Å²) in [6.45, 7) is 0.599. The minimum absolute atomic E-state index is 0.0392. The molecule has 1 aliphatic heterocycles. The molecule has 2 aromatic heterocycles. The predicted molar refractivity (Wildman–Crippen MR) is 62.4 cm³/mol. The van der Waals surface area contributed by atoms with Crippen LogP contribution < -0.4 is 16.4 Å². The van der Waals surface area contributed by atoms with E-state index in [0.717, 1.165) is 0 Å². The van der Waals surface area contributed by atoms with Crippen LogP contribution in [-0.4, -0.2) is 32.9 Å². The molecule has 7 heteroatoms. The quantitative estimate of drug-likeness (QED) is 0.655. The fourth-order valence-electron chi connectivity index (χ4n) is 1.95. The molecule has 1 amide bonds. The van der Waals surface area contributed by atoms with Gasteiger partial charge in [-0.25, -0.2) is 9.97 Å². The molecule has 7 nitrogen and oxygen atoms in total. The molecule has 88 valence electrons. The van der Waals surface area contributed by atoms with E-state index >= 15 is 0 Å². The molecule has 0 spiro atoms. The summed E-state index contributed by atoms with van der Waals surface area (Å²) in [4.78, 5) is 19.5. The SMILES string of the molecule is Nc1cn2ccnc2c(NC2CNC(=O)C2)n1. The van der Waals surface area contributed by atoms with Crippen molar-refractivity contribution < 1.29 is 4.79 Å². The Balaban J connectivity index is 1.93. The van der Waals surface area contributed by atoms with Gasteiger partial charge in [-0.15, -0.1) is 0 Å². The molecule has 4 N–H and O–H groups in total. The van der Waals surface area contributed by atoms with Crippen LogP contribution >= 0.6 is 0 Å². The summed E-state index contributed by atoms with van der Waals surface area (Å²) < 4.78 is 1.80. The second-order valence-electron chi connectivity index (χ2n) is 4.02. The number of carbonyl (C=O) groups excluding carboxylic acids is 1. The van der Waals surface area contributed by atoms with Crippen molar-refractivity contribution in [3.05, 3.63) is 18.6 Å². The van der Waals surface area contributed by atoms with Crippen LogP contribution in [0.1, 0.15) is 6.42 Å². The van der Waals surface area contributed by atoms with Gasteiger partial charge >= 0.3 is 0 Å². The zero-order valence-electron chi connectivity index (χ0n) is 9.05. The van der Waals surface area contributed by atoms with E-state index in [1.54, 1.807) is 23.0 Å². The van der Waals surface area contributed by atoms with Crippen molar-refractivity contribution in [3.8, 4) is 0 Å². The highest BCUT2D eigenvalue weighted by atomic mass is 16.1. The highest BCUT2D eigenvalue weighted by Gasteiger charge is 2.22. The molecule has 3 rings (SSSR count). The van der Waals surface area contributed by atoms with Gasteiger partial charge in [0.2, 0.25) is 5.91 Å². The molecule has 1 fully saturated rings. The number of carbonyl (C=O) groups is 1. The van der Waals surface area contributed by atoms with Crippen LogP contribution in [0.3, 0.4) is 0 Å². The average Bonchev–Trinajstić information content (AvgIpc) is 2.87. The van der Waals surface area contributed by atoms with Gasteiger partial charge in [0.25, 0.3) is 0 Å². The second kappa shape index (κ2) is 3.62. The first-order valence-corrected chi connectivity index (χ1v) is 5.35. The highest BCUT2D eigenvalue weighted by Crippen LogP contribution is 2.17. The van der Waals surface area contributed by atoms with E-state index in [2.05, 4.69) is 20.6 Å². The zero-order valence-corrected chi connectivity index (χ0v) is 9.05. The number of fused-ring (bicyclic) bond motifs is 1. The molecule has 17 heavy (non-hydrogen) atoms. The molecule has 1 atom stereocenters. The lowest BCUT2D eigenvalue weighted by atomic mass is 10.2. The van der Waals surface area contributed by atoms with Crippen molar-refractivity contribution in [2.24, 2.45) is 0 Å². The molecule has 0 saturated carbocycles. The minimum atomic E-state index is 0.0392. The van der Waals surface area contributed by atoms with Gasteiger partial charge in [-0.3, -0.25) is 4.79 Å². The Hall–Kier alpha value is -2.31. The summed E-state index contributed by atoms with van der Waals surface area (Å²) in [6, 6.07) is 0.0392. The van der Waals surface area contributed by atoms with Crippen molar-refractivity contribution in [2.75, 3.05) is 17.6 Å². The summed E-state index contributed by atoms with van der Waals surface area (Å²) >= 11 is 0. The predicted octanol–water partition coefficient (Wildman–Crippen LogP) is -0.388. The van der Waals surface area contributed by atoms with E-state index in [1.807, 2.05) is 0 Å². The van der Waals surface area contributed by atoms with Crippen LogP contribution in [-0.2, 0) is 4.79 Å². The number of amides is 1. The standard InChI is InChI=1S/C10H12N6O/c11-7-5-16-2-1-12-10(16)9(15-7)14-6-3-8(17)13-4-6/h1-2,5-6H,3-4,11H2,(H,13,17)(H,14,15). The first kappa shape index (κ1) is 9.88. The third kappa shape index (κ3) is 1.75. The summed E-state index contributed by atoms with van der Waals surface area (Å²) in [5, 5.41) is 5.94. The van der Waals surface area contributed by atoms with Crippen LogP contribution in [0.2, 0.25) is 0 Å². The fraction of sp³-hybridized carbons (Fsp3) is 0.300. The Kier molecular flexibility index (Phi) is 2.10. The number of nitrogens with zero attached hydrogens (tertiary/aromatic N) is 3. The number of aromatic nitrogens is 3. The van der Waals surface area contributed by atoms with Crippen molar-refractivity contribution in [1.82, 2.24) is 19.7 Å². The van der Waals surface area contributed by atoms with Crippen LogP contribution in [0.25, 0.3) is 5.65 Å². The number of nitrogens with two attached hydrogens (primary N) is 1. The molecule has 1 unspecified atom stereocenters. The van der Waals surface area contributed by atoms with Crippen LogP contribution in [0.15, 0.2) is 18.6 Å². The van der Waals surface area contributed by atoms with E-state index in [4.69, 9.17) is 5.73 Å². The number of nitrogen functional groups attached to an aromatic ring is 1. The number of imidazole rings is 1. The maximum atomic E-state index is 11.1. The lowest BCUT2D eigenvalue weighted by Crippen LogP contribution is -2.23. The Morgan fingerprint density at radius 1 is 1.59 bits per heavy atom. The number of hydrogen-bond donors (Lipinski definition) is 3. The Labute approximate surface area is 97.0 Å². The molecule has 1 aliphatic rings. The average molecular weight is 232 g/mol. The largest absolute Gasteiger partial charge is 0.382 e. The first-order valence-electron chi connectivity index (χ1n) is 5.35. The van der Waals surface area contributed by atoms with Crippen LogP contribution in [0.4, 0.5) is 11.6 Å². The normalized spacial score (nSPS) is 19.5. The van der Waals surface area contributed by atoms with Crippen LogP contribution in [0, 0.1) is 0 Å². The van der Waals surface area contributed by atoms with Gasteiger partial charge in [-0.1, -0.05) is 0 Å². The van der Waals surface area contributed by atoms with E-state index in [9.17, 15) is 4.79 Å². The van der Waals surface area contributed by atoms with Crippen LogP contribution in [0.5, 0.6) is 0 Å². The maximum absolute atomic E-state index is 11.1. The Morgan fingerprint density at radius 2 is 2.47 bits per heavy atom. The fourth-order valence-corrected chi connectivity index (χ4v) is 1.95. The van der Waals surface area contributed by atoms with Gasteiger partial charge in [-0.2, -0.15) is 0 Å². The van der Waals surface area contributed by atoms with Gasteiger partial charge in [0.15, 0.2) is 11.5 Å². The molecule has 2 aromatic rings. The van der Waals surface area contributed by atoms with E-state index in [-0.39, 0.29) is 11.9 Å². The molecule has 0 aromatic carbocycles. The first-order chi connectivity index (χ1) is 8.22. The summed E-state index contributed by atoms with van der Waals surface area (Å²) in [5.74, 6) is 1.07. The smallest absolute Gasteiger partial charge is 0.222 e. The zero-order chi connectivity index (χ0) is 11.8. The summed E-state index contributed by atoms with van der Waals surface area (Å²) in [6.07, 6.45) is 5.63. The maximum Gasteiger partial charge on any atom is 0.222 e. The van der Waals surface area contributed by atoms with E-state index in [0.29, 0.717) is 30.2 Å². The molecule has 0 radical (unpaired) electrons. The number of anilines is 2. The number of nitrogens with one attached hydrogen (secondary N) is 2. The van der Waals surface area contributed by atoms with Crippen molar-refractivity contribution >= 4 is 23.2 Å². The molecule has 0 bridgehead atoms. The molecule has 0 aliphatic carbocycles. The van der Waals surface area contributed by atoms with Gasteiger partial charge in [0.1, 0.15) is 5.82 Å².